The molecule has 2 aromatic rings. The molecule has 0 atom stereocenters. The average molecular weight is 249 g/mol. The van der Waals surface area contributed by atoms with E-state index in [1.165, 1.54) is 0 Å². The van der Waals surface area contributed by atoms with Crippen molar-refractivity contribution in [1.29, 1.82) is 0 Å². The van der Waals surface area contributed by atoms with Gasteiger partial charge in [0.05, 0.1) is 10.7 Å². The van der Waals surface area contributed by atoms with Gasteiger partial charge in [-0.2, -0.15) is 5.10 Å². The first kappa shape index (κ1) is 11.9. The monoisotopic (exact) mass is 249 g/mol. The van der Waals surface area contributed by atoms with E-state index in [0.29, 0.717) is 11.4 Å². The number of anilines is 1. The van der Waals surface area contributed by atoms with E-state index in [0.717, 1.165) is 16.3 Å². The topological polar surface area (TPSA) is 64.1 Å². The molecule has 0 bridgehead atoms. The molecule has 5 heteroatoms. The van der Waals surface area contributed by atoms with Crippen LogP contribution < -0.4 is 5.73 Å². The molecule has 0 radical (unpaired) electrons. The Hall–Kier alpha value is -1.62. The molecular formula is C12H15N3OS. The first-order valence-electron chi connectivity index (χ1n) is 5.27. The number of hydrogen-bond donors (Lipinski definition) is 2. The molecule has 4 nitrogen and oxygen atoms in total. The number of rotatable bonds is 3. The van der Waals surface area contributed by atoms with E-state index in [1.54, 1.807) is 30.0 Å². The lowest BCUT2D eigenvalue weighted by molar-refractivity contribution is 0.471. The molecule has 1 aromatic carbocycles. The van der Waals surface area contributed by atoms with Crippen LogP contribution in [0.5, 0.6) is 5.75 Å². The third-order valence-electron chi connectivity index (χ3n) is 2.44. The van der Waals surface area contributed by atoms with Crippen molar-refractivity contribution in [2.75, 3.05) is 5.73 Å². The minimum absolute atomic E-state index is 0.283. The molecule has 3 N–H and O–H groups in total. The molecule has 0 aliphatic heterocycles. The summed E-state index contributed by atoms with van der Waals surface area (Å²) in [5.41, 5.74) is 8.19. The minimum atomic E-state index is 0.283. The molecule has 1 aromatic heterocycles. The number of benzene rings is 1. The highest BCUT2D eigenvalue weighted by molar-refractivity contribution is 7.98. The number of thioether (sulfide) groups is 1. The maximum atomic E-state index is 9.70. The van der Waals surface area contributed by atoms with E-state index in [4.69, 9.17) is 5.73 Å². The highest BCUT2D eigenvalue weighted by Gasteiger charge is 2.06. The van der Waals surface area contributed by atoms with Crippen molar-refractivity contribution in [3.63, 3.8) is 0 Å². The number of nitrogen functional groups attached to an aromatic ring is 1. The fourth-order valence-corrected chi connectivity index (χ4v) is 2.61. The third-order valence-corrected chi connectivity index (χ3v) is 3.57. The van der Waals surface area contributed by atoms with Gasteiger partial charge in [0.1, 0.15) is 5.75 Å². The molecule has 2 rings (SSSR count). The van der Waals surface area contributed by atoms with Crippen LogP contribution in [0.3, 0.4) is 0 Å². The number of aromatic nitrogens is 2. The van der Waals surface area contributed by atoms with Crippen molar-refractivity contribution in [2.24, 2.45) is 7.05 Å². The van der Waals surface area contributed by atoms with Gasteiger partial charge in [0.2, 0.25) is 0 Å². The first-order valence-corrected chi connectivity index (χ1v) is 6.25. The molecule has 0 aliphatic carbocycles. The fraction of sp³-hybridized carbons (Fsp3) is 0.250. The van der Waals surface area contributed by atoms with Gasteiger partial charge >= 0.3 is 0 Å². The number of aromatic hydroxyl groups is 1. The predicted molar refractivity (Wildman–Crippen MR) is 70.0 cm³/mol. The van der Waals surface area contributed by atoms with Crippen LogP contribution in [0.15, 0.2) is 29.3 Å². The Morgan fingerprint density at radius 2 is 2.18 bits per heavy atom. The number of nitrogens with zero attached hydrogens (tertiary/aromatic N) is 2. The zero-order valence-corrected chi connectivity index (χ0v) is 10.7. The zero-order chi connectivity index (χ0) is 12.4. The maximum absolute atomic E-state index is 9.70. The Labute approximate surface area is 104 Å². The van der Waals surface area contributed by atoms with Crippen LogP contribution in [0.4, 0.5) is 5.69 Å². The summed E-state index contributed by atoms with van der Waals surface area (Å²) in [6.45, 7) is 1.96. The van der Waals surface area contributed by atoms with E-state index >= 15 is 0 Å². The quantitative estimate of drug-likeness (QED) is 0.498. The highest BCUT2D eigenvalue weighted by Crippen LogP contribution is 2.28. The van der Waals surface area contributed by atoms with Crippen LogP contribution in [-0.2, 0) is 12.8 Å². The van der Waals surface area contributed by atoms with Crippen molar-refractivity contribution in [3.8, 4) is 5.75 Å². The van der Waals surface area contributed by atoms with E-state index in [9.17, 15) is 5.11 Å². The Morgan fingerprint density at radius 1 is 1.41 bits per heavy atom. The van der Waals surface area contributed by atoms with Crippen molar-refractivity contribution >= 4 is 17.4 Å². The van der Waals surface area contributed by atoms with Crippen LogP contribution in [0.1, 0.15) is 11.3 Å². The zero-order valence-electron chi connectivity index (χ0n) is 9.84. The summed E-state index contributed by atoms with van der Waals surface area (Å²) < 4.78 is 1.84. The lowest BCUT2D eigenvalue weighted by atomic mass is 10.2. The molecule has 0 unspecified atom stereocenters. The van der Waals surface area contributed by atoms with E-state index in [2.05, 4.69) is 5.10 Å². The second-order valence-electron chi connectivity index (χ2n) is 3.92. The Morgan fingerprint density at radius 3 is 2.82 bits per heavy atom. The molecule has 0 spiro atoms. The van der Waals surface area contributed by atoms with Crippen LogP contribution in [0.2, 0.25) is 0 Å². The van der Waals surface area contributed by atoms with Gasteiger partial charge in [0.25, 0.3) is 0 Å². The molecule has 0 aliphatic rings. The third kappa shape index (κ3) is 2.74. The van der Waals surface area contributed by atoms with Gasteiger partial charge in [-0.25, -0.2) is 0 Å². The van der Waals surface area contributed by atoms with Gasteiger partial charge in [-0.15, -0.1) is 11.8 Å². The number of hydrogen-bond acceptors (Lipinski definition) is 4. The van der Waals surface area contributed by atoms with Gasteiger partial charge in [0, 0.05) is 24.1 Å². The Bertz CT molecular complexity index is 537. The summed E-state index contributed by atoms with van der Waals surface area (Å²) in [5.74, 6) is 0.959. The molecule has 1 heterocycles. The normalized spacial score (nSPS) is 10.7. The number of aryl methyl sites for hydroxylation is 2. The van der Waals surface area contributed by atoms with E-state index in [-0.39, 0.29) is 5.75 Å². The summed E-state index contributed by atoms with van der Waals surface area (Å²) in [6, 6.07) is 7.14. The number of phenols is 1. The van der Waals surface area contributed by atoms with Gasteiger partial charge in [-0.3, -0.25) is 4.68 Å². The largest absolute Gasteiger partial charge is 0.508 e. The first-order chi connectivity index (χ1) is 8.06. The lowest BCUT2D eigenvalue weighted by Gasteiger charge is -2.05. The molecule has 17 heavy (non-hydrogen) atoms. The molecule has 0 saturated carbocycles. The maximum Gasteiger partial charge on any atom is 0.119 e. The minimum Gasteiger partial charge on any atom is -0.508 e. The van der Waals surface area contributed by atoms with Gasteiger partial charge in [-0.1, -0.05) is 0 Å². The fourth-order valence-electron chi connectivity index (χ4n) is 1.59. The van der Waals surface area contributed by atoms with Crippen LogP contribution in [0.25, 0.3) is 0 Å². The SMILES string of the molecule is Cc1cc(SCc2cc(N)ccc2O)n(C)n1. The smallest absolute Gasteiger partial charge is 0.119 e. The van der Waals surface area contributed by atoms with Crippen LogP contribution in [-0.4, -0.2) is 14.9 Å². The summed E-state index contributed by atoms with van der Waals surface area (Å²) in [5, 5.41) is 15.0. The van der Waals surface area contributed by atoms with Crippen LogP contribution >= 0.6 is 11.8 Å². The summed E-state index contributed by atoms with van der Waals surface area (Å²) in [4.78, 5) is 0. The molecular weight excluding hydrogens is 234 g/mol. The highest BCUT2D eigenvalue weighted by atomic mass is 32.2. The van der Waals surface area contributed by atoms with Gasteiger partial charge < -0.3 is 10.8 Å². The predicted octanol–water partition coefficient (Wildman–Crippen LogP) is 2.31. The lowest BCUT2D eigenvalue weighted by Crippen LogP contribution is -1.93. The summed E-state index contributed by atoms with van der Waals surface area (Å²) >= 11 is 1.63. The number of nitrogens with two attached hydrogens (primary N) is 1. The Balaban J connectivity index is 2.12. The average Bonchev–Trinajstić information content (AvgIpc) is 2.59. The van der Waals surface area contributed by atoms with Crippen LogP contribution in [0, 0.1) is 6.92 Å². The molecule has 90 valence electrons. The number of phenolic OH excluding ortho intramolecular Hbond substituents is 1. The van der Waals surface area contributed by atoms with Crippen molar-refractivity contribution in [2.45, 2.75) is 17.7 Å². The second kappa shape index (κ2) is 4.71. The van der Waals surface area contributed by atoms with Crippen molar-refractivity contribution < 1.29 is 5.11 Å². The second-order valence-corrected chi connectivity index (χ2v) is 4.92. The van der Waals surface area contributed by atoms with E-state index < -0.39 is 0 Å². The molecule has 0 fully saturated rings. The standard InChI is InChI=1S/C12H15N3OS/c1-8-5-12(15(2)14-8)17-7-9-6-10(13)3-4-11(9)16/h3-6,16H,7,13H2,1-2H3. The Kier molecular flexibility index (Phi) is 3.28. The molecule has 0 amide bonds. The summed E-state index contributed by atoms with van der Waals surface area (Å²) in [6.07, 6.45) is 0. The van der Waals surface area contributed by atoms with E-state index in [1.807, 2.05) is 24.7 Å². The van der Waals surface area contributed by atoms with Gasteiger partial charge in [0.15, 0.2) is 0 Å². The van der Waals surface area contributed by atoms with Crippen molar-refractivity contribution in [1.82, 2.24) is 9.78 Å². The summed E-state index contributed by atoms with van der Waals surface area (Å²) in [7, 11) is 1.91. The van der Waals surface area contributed by atoms with Gasteiger partial charge in [-0.05, 0) is 31.2 Å². The van der Waals surface area contributed by atoms with Crippen molar-refractivity contribution in [3.05, 3.63) is 35.5 Å². The molecule has 0 saturated heterocycles.